The predicted molar refractivity (Wildman–Crippen MR) is 89.0 cm³/mol. The van der Waals surface area contributed by atoms with Gasteiger partial charge in [0, 0.05) is 5.92 Å². The van der Waals surface area contributed by atoms with Crippen molar-refractivity contribution in [3.05, 3.63) is 29.8 Å². The highest BCUT2D eigenvalue weighted by Crippen LogP contribution is 2.23. The first-order chi connectivity index (χ1) is 11.3. The van der Waals surface area contributed by atoms with Crippen molar-refractivity contribution < 1.29 is 19.2 Å². The van der Waals surface area contributed by atoms with E-state index in [1.54, 1.807) is 36.3 Å². The Labute approximate surface area is 138 Å². The monoisotopic (exact) mass is 318 g/mol. The van der Waals surface area contributed by atoms with E-state index < -0.39 is 0 Å². The maximum atomic E-state index is 12.1. The second-order valence-electron chi connectivity index (χ2n) is 6.82. The summed E-state index contributed by atoms with van der Waals surface area (Å²) in [7, 11) is 1.62. The molecule has 0 amide bonds. The maximum Gasteiger partial charge on any atom is 0.338 e. The Kier molecular flexibility index (Phi) is 5.55. The maximum absolute atomic E-state index is 12.1. The number of methoxy groups -OCH3 is 1. The highest BCUT2D eigenvalue weighted by Gasteiger charge is 2.36. The minimum absolute atomic E-state index is 0.226. The average molecular weight is 318 g/mol. The molecular weight excluding hydrogens is 290 g/mol. The molecule has 2 aliphatic rings. The summed E-state index contributed by atoms with van der Waals surface area (Å²) in [5.41, 5.74) is 0.597. The first-order valence-corrected chi connectivity index (χ1v) is 8.93. The number of nitrogens with one attached hydrogen (secondary N) is 1. The van der Waals surface area contributed by atoms with Crippen LogP contribution >= 0.6 is 0 Å². The normalized spacial score (nSPS) is 27.1. The zero-order valence-corrected chi connectivity index (χ0v) is 14.1. The van der Waals surface area contributed by atoms with E-state index in [2.05, 4.69) is 0 Å². The number of esters is 1. The van der Waals surface area contributed by atoms with Crippen LogP contribution in [0.3, 0.4) is 0 Å². The molecular formula is C19H28NO3+. The van der Waals surface area contributed by atoms with Crippen LogP contribution in [-0.4, -0.2) is 38.8 Å². The number of hydrogen-bond acceptors (Lipinski definition) is 3. The van der Waals surface area contributed by atoms with Crippen LogP contribution in [0.1, 0.15) is 48.9 Å². The number of benzene rings is 1. The second kappa shape index (κ2) is 7.82. The number of hydrogen-bond donors (Lipinski definition) is 1. The molecule has 1 unspecified atom stereocenters. The molecule has 0 spiro atoms. The summed E-state index contributed by atoms with van der Waals surface area (Å²) < 4.78 is 10.6. The molecule has 3 atom stereocenters. The summed E-state index contributed by atoms with van der Waals surface area (Å²) in [6.07, 6.45) is 7.74. The predicted octanol–water partition coefficient (Wildman–Crippen LogP) is 2.09. The molecule has 2 aliphatic heterocycles. The van der Waals surface area contributed by atoms with Gasteiger partial charge in [-0.3, -0.25) is 0 Å². The largest absolute Gasteiger partial charge is 0.497 e. The van der Waals surface area contributed by atoms with Gasteiger partial charge in [0.25, 0.3) is 0 Å². The van der Waals surface area contributed by atoms with Gasteiger partial charge >= 0.3 is 5.97 Å². The van der Waals surface area contributed by atoms with Crippen LogP contribution in [0.25, 0.3) is 0 Å². The van der Waals surface area contributed by atoms with Crippen LogP contribution in [0.15, 0.2) is 24.3 Å². The average Bonchev–Trinajstić information content (AvgIpc) is 2.62. The van der Waals surface area contributed by atoms with Crippen molar-refractivity contribution >= 4 is 5.97 Å². The number of rotatable bonds is 5. The molecule has 2 heterocycles. The first-order valence-electron chi connectivity index (χ1n) is 8.93. The van der Waals surface area contributed by atoms with E-state index in [-0.39, 0.29) is 5.97 Å². The summed E-state index contributed by atoms with van der Waals surface area (Å²) >= 11 is 0. The lowest BCUT2D eigenvalue weighted by atomic mass is 9.82. The Morgan fingerprint density at radius 2 is 1.91 bits per heavy atom. The van der Waals surface area contributed by atoms with E-state index in [9.17, 15) is 4.79 Å². The van der Waals surface area contributed by atoms with Gasteiger partial charge in [-0.05, 0) is 62.8 Å². The molecule has 2 saturated heterocycles. The van der Waals surface area contributed by atoms with Gasteiger partial charge in [-0.2, -0.15) is 0 Å². The van der Waals surface area contributed by atoms with Crippen LogP contribution in [0.5, 0.6) is 5.75 Å². The molecule has 0 aromatic heterocycles. The fraction of sp³-hybridized carbons (Fsp3) is 0.632. The third kappa shape index (κ3) is 4.05. The highest BCUT2D eigenvalue weighted by atomic mass is 16.5. The lowest BCUT2D eigenvalue weighted by molar-refractivity contribution is -0.940. The molecule has 2 fully saturated rings. The number of piperidine rings is 2. The standard InChI is InChI=1S/C19H27NO3/c1-22-17-9-7-16(8-10-17)19(21)23-14-11-15-5-4-13-20-12-3-2-6-18(15)20/h7-10,15,18H,2-6,11-14H2,1H3/p+1/t15-,18-/m0/s1. The van der Waals surface area contributed by atoms with Crippen molar-refractivity contribution in [3.8, 4) is 5.75 Å². The van der Waals surface area contributed by atoms with Gasteiger partial charge in [-0.15, -0.1) is 0 Å². The lowest BCUT2D eigenvalue weighted by Crippen LogP contribution is -3.18. The number of ether oxygens (including phenoxy) is 2. The van der Waals surface area contributed by atoms with E-state index in [1.807, 2.05) is 0 Å². The van der Waals surface area contributed by atoms with E-state index in [4.69, 9.17) is 9.47 Å². The molecule has 3 rings (SSSR count). The molecule has 0 radical (unpaired) electrons. The van der Waals surface area contributed by atoms with Crippen molar-refractivity contribution in [2.75, 3.05) is 26.8 Å². The molecule has 0 aliphatic carbocycles. The molecule has 23 heavy (non-hydrogen) atoms. The fourth-order valence-corrected chi connectivity index (χ4v) is 4.24. The minimum atomic E-state index is -0.226. The number of quaternary nitrogens is 1. The van der Waals surface area contributed by atoms with E-state index in [0.29, 0.717) is 12.2 Å². The second-order valence-corrected chi connectivity index (χ2v) is 6.82. The number of carbonyl (C=O) groups excluding carboxylic acids is 1. The van der Waals surface area contributed by atoms with Gasteiger partial charge < -0.3 is 14.4 Å². The fourth-order valence-electron chi connectivity index (χ4n) is 4.24. The van der Waals surface area contributed by atoms with Crippen LogP contribution in [0, 0.1) is 5.92 Å². The van der Waals surface area contributed by atoms with E-state index in [0.717, 1.165) is 24.1 Å². The van der Waals surface area contributed by atoms with Gasteiger partial charge in [0.1, 0.15) is 5.75 Å². The third-order valence-corrected chi connectivity index (χ3v) is 5.48. The highest BCUT2D eigenvalue weighted by molar-refractivity contribution is 5.89. The third-order valence-electron chi connectivity index (χ3n) is 5.48. The van der Waals surface area contributed by atoms with Crippen molar-refractivity contribution in [1.29, 1.82) is 0 Å². The van der Waals surface area contributed by atoms with Crippen molar-refractivity contribution in [3.63, 3.8) is 0 Å². The van der Waals surface area contributed by atoms with Crippen LogP contribution in [-0.2, 0) is 4.74 Å². The molecule has 1 aromatic rings. The Balaban J connectivity index is 1.47. The van der Waals surface area contributed by atoms with Gasteiger partial charge in [0.15, 0.2) is 0 Å². The van der Waals surface area contributed by atoms with E-state index >= 15 is 0 Å². The van der Waals surface area contributed by atoms with Gasteiger partial charge in [-0.1, -0.05) is 0 Å². The minimum Gasteiger partial charge on any atom is -0.497 e. The molecule has 0 saturated carbocycles. The zero-order valence-electron chi connectivity index (χ0n) is 14.1. The topological polar surface area (TPSA) is 40.0 Å². The van der Waals surface area contributed by atoms with Gasteiger partial charge in [0.05, 0.1) is 38.4 Å². The van der Waals surface area contributed by atoms with E-state index in [1.165, 1.54) is 45.2 Å². The molecule has 1 N–H and O–H groups in total. The Hall–Kier alpha value is -1.55. The number of fused-ring (bicyclic) bond motifs is 1. The van der Waals surface area contributed by atoms with Crippen LogP contribution in [0.4, 0.5) is 0 Å². The number of carbonyl (C=O) groups is 1. The molecule has 0 bridgehead atoms. The molecule has 126 valence electrons. The Morgan fingerprint density at radius 1 is 1.13 bits per heavy atom. The summed E-state index contributed by atoms with van der Waals surface area (Å²) in [5.74, 6) is 1.25. The lowest BCUT2D eigenvalue weighted by Gasteiger charge is -2.41. The quantitative estimate of drug-likeness (QED) is 0.845. The molecule has 4 heteroatoms. The summed E-state index contributed by atoms with van der Waals surface area (Å²) in [4.78, 5) is 13.9. The SMILES string of the molecule is COc1ccc(C(=O)OCC[C@@H]2CCC[NH+]3CCCC[C@@H]23)cc1. The van der Waals surface area contributed by atoms with Gasteiger partial charge in [0.2, 0.25) is 0 Å². The smallest absolute Gasteiger partial charge is 0.338 e. The van der Waals surface area contributed by atoms with Crippen molar-refractivity contribution in [1.82, 2.24) is 0 Å². The zero-order chi connectivity index (χ0) is 16.1. The van der Waals surface area contributed by atoms with Crippen LogP contribution in [0.2, 0.25) is 0 Å². The first kappa shape index (κ1) is 16.3. The Morgan fingerprint density at radius 3 is 2.70 bits per heavy atom. The summed E-state index contributed by atoms with van der Waals surface area (Å²) in [5, 5.41) is 0. The summed E-state index contributed by atoms with van der Waals surface area (Å²) in [6.45, 7) is 3.22. The molecule has 4 nitrogen and oxygen atoms in total. The van der Waals surface area contributed by atoms with Gasteiger partial charge in [-0.25, -0.2) is 4.79 Å². The van der Waals surface area contributed by atoms with Crippen LogP contribution < -0.4 is 9.64 Å². The van der Waals surface area contributed by atoms with Crippen molar-refractivity contribution in [2.24, 2.45) is 5.92 Å². The summed E-state index contributed by atoms with van der Waals surface area (Å²) in [6, 6.07) is 7.91. The van der Waals surface area contributed by atoms with Crippen molar-refractivity contribution in [2.45, 2.75) is 44.6 Å². The Bertz CT molecular complexity index is 512. The molecule has 1 aromatic carbocycles.